The maximum absolute atomic E-state index is 13.3. The van der Waals surface area contributed by atoms with Gasteiger partial charge >= 0.3 is 87.5 Å². The number of hydrogen-bond acceptors (Lipinski definition) is 12. The average molecular weight is 1060 g/mol. The van der Waals surface area contributed by atoms with Crippen molar-refractivity contribution in [1.82, 2.24) is 0 Å². The number of carbonyl (C=O) groups excluding carboxylic acids is 2. The summed E-state index contributed by atoms with van der Waals surface area (Å²) in [5.41, 5.74) is 6.51. The van der Waals surface area contributed by atoms with Crippen molar-refractivity contribution >= 4 is 93.2 Å². The van der Waals surface area contributed by atoms with Gasteiger partial charge in [0.15, 0.2) is 0 Å². The Hall–Kier alpha value is -5.53. The molecule has 1 aliphatic carbocycles. The first-order valence-electron chi connectivity index (χ1n) is 21.6. The van der Waals surface area contributed by atoms with Crippen molar-refractivity contribution in [1.29, 1.82) is 0 Å². The van der Waals surface area contributed by atoms with Crippen molar-refractivity contribution in [2.24, 2.45) is 0 Å². The monoisotopic (exact) mass is 1060 g/mol. The number of benzene rings is 7. The van der Waals surface area contributed by atoms with Crippen molar-refractivity contribution in [2.45, 2.75) is 56.2 Å². The van der Waals surface area contributed by atoms with Crippen LogP contribution in [0.25, 0.3) is 33.4 Å². The number of fused-ring (bicyclic) bond motifs is 2. The number of urea groups is 2. The molecule has 2 aliphatic rings. The molecule has 1 aliphatic heterocycles. The number of nitrogens with one attached hydrogen (secondary N) is 6. The topological polar surface area (TPSA) is 290 Å². The van der Waals surface area contributed by atoms with Crippen LogP contribution in [0.1, 0.15) is 33.4 Å². The molecule has 0 aromatic heterocycles. The fraction of sp³-hybridized carbons (Fsp3) is 0.118. The molecule has 76 heavy (non-hydrogen) atoms. The van der Waals surface area contributed by atoms with Crippen molar-refractivity contribution in [3.05, 3.63) is 160 Å². The molecule has 0 atom stereocenters. The molecule has 18 nitrogen and oxygen atoms in total. The summed E-state index contributed by atoms with van der Waals surface area (Å²) in [5.74, 6) is -0.0339. The molecule has 0 saturated carbocycles. The maximum Gasteiger partial charge on any atom is 1.00 e. The van der Waals surface area contributed by atoms with Gasteiger partial charge in [-0.25, -0.2) is 31.4 Å². The molecule has 0 radical (unpaired) electrons. The molecule has 25 heteroatoms. The van der Waals surface area contributed by atoms with Gasteiger partial charge in [-0.1, -0.05) is 52.7 Å². The van der Waals surface area contributed by atoms with E-state index in [0.29, 0.717) is 45.0 Å². The van der Waals surface area contributed by atoms with Crippen LogP contribution in [-0.2, 0) is 30.4 Å². The Balaban J connectivity index is 0.00000312. The van der Waals surface area contributed by atoms with Gasteiger partial charge in [0.1, 0.15) is 35.8 Å². The van der Waals surface area contributed by atoms with Gasteiger partial charge < -0.3 is 40.1 Å². The number of carbonyl (C=O) groups is 2. The first-order chi connectivity index (χ1) is 33.9. The third-order valence-corrected chi connectivity index (χ3v) is 14.4. The number of rotatable bonds is 11. The first-order valence-corrected chi connectivity index (χ1v) is 25.9. The fourth-order valence-corrected chi connectivity index (χ4v) is 10.4. The smallest absolute Gasteiger partial charge is 0.744 e. The summed E-state index contributed by atoms with van der Waals surface area (Å²) < 4.78 is 117. The Morgan fingerprint density at radius 2 is 1.21 bits per heavy atom. The Kier molecular flexibility index (Phi) is 20.6. The Bertz CT molecular complexity index is 3960. The summed E-state index contributed by atoms with van der Waals surface area (Å²) in [6, 6.07) is 30.8. The zero-order chi connectivity index (χ0) is 52.0. The number of hydrogen-bond donors (Lipinski definition) is 7. The molecule has 1 heterocycles. The number of amides is 4. The van der Waals surface area contributed by atoms with Crippen LogP contribution in [-0.4, -0.2) is 51.0 Å². The van der Waals surface area contributed by atoms with Crippen LogP contribution in [0.15, 0.2) is 128 Å². The van der Waals surface area contributed by atoms with E-state index in [2.05, 4.69) is 43.7 Å². The van der Waals surface area contributed by atoms with Gasteiger partial charge in [-0.3, -0.25) is 4.55 Å². The summed E-state index contributed by atoms with van der Waals surface area (Å²) in [4.78, 5) is 27.6. The minimum atomic E-state index is -5.34. The summed E-state index contributed by atoms with van der Waals surface area (Å²) in [6.45, 7) is 10.6. The van der Waals surface area contributed by atoms with Gasteiger partial charge in [-0.15, -0.1) is 12.1 Å². The molecule has 0 spiro atoms. The largest absolute Gasteiger partial charge is 1.00 e. The van der Waals surface area contributed by atoms with E-state index in [0.717, 1.165) is 29.3 Å². The minimum Gasteiger partial charge on any atom is -0.744 e. The SMILES string of the molecule is Cc1cc(C)c(Nc2[c-]cc3c(-c4ccccc4S(=O)(=O)O)c4cc(S(=O)(=O)[O-])c(=[NH+]c5c(C)cc(C)c(NC(=O)Nc6cccc(S(=O)(=O)[O-])c6)c5C)cc-4oc3c2)c(C)c1NC(=O)Nc1c[c-]ccc1.[Li+].[Li+].[Li+].[Li+]. The van der Waals surface area contributed by atoms with Crippen molar-refractivity contribution in [3.8, 4) is 22.5 Å². The van der Waals surface area contributed by atoms with Crippen LogP contribution in [0.4, 0.5) is 49.4 Å². The van der Waals surface area contributed by atoms with Crippen LogP contribution in [0.5, 0.6) is 0 Å². The Morgan fingerprint density at radius 3 is 1.83 bits per heavy atom. The molecule has 7 N–H and O–H groups in total. The first kappa shape index (κ1) is 63.0. The van der Waals surface area contributed by atoms with Crippen molar-refractivity contribution in [2.75, 3.05) is 26.6 Å². The van der Waals surface area contributed by atoms with E-state index in [1.54, 1.807) is 57.2 Å². The van der Waals surface area contributed by atoms with Crippen LogP contribution in [0, 0.1) is 53.7 Å². The predicted octanol–water partition coefficient (Wildman–Crippen LogP) is -3.93. The van der Waals surface area contributed by atoms with Crippen LogP contribution in [0.3, 0.4) is 0 Å². The standard InChI is InChI=1S/C51H44N6O12S3.4Li/c1-27-21-29(3)48(56-50(58)53-33-13-8-7-9-14-33)31(5)46(27)52-35-19-20-37-41(24-35)69-42-26-40(44(72(66,67)68)25-39(42)45(37)38-17-10-11-18-43(38)71(63,64)65)55-47-28(2)22-30(4)49(32(47)6)57-51(59)54-34-15-12-16-36(23-34)70(60,61)62;;;;/h7-8,10-18,20-26,52H,1-6H3,(H2,53,56,58)(H2,54,57,59)(H,60,61,62)(H,63,64,65)(H,66,67,68);;;;/q-2;4*+1/p-1. The summed E-state index contributed by atoms with van der Waals surface area (Å²) in [5, 5.41) is 14.2. The van der Waals surface area contributed by atoms with Gasteiger partial charge in [0.2, 0.25) is 11.0 Å². The molecule has 4 amide bonds. The van der Waals surface area contributed by atoms with E-state index in [4.69, 9.17) is 4.42 Å². The molecule has 6 aromatic carbocycles. The second-order valence-electron chi connectivity index (χ2n) is 16.8. The summed E-state index contributed by atoms with van der Waals surface area (Å²) >= 11 is 0. The summed E-state index contributed by atoms with van der Waals surface area (Å²) in [7, 11) is -15.1. The molecule has 0 unspecified atom stereocenters. The molecular formula is C51H43Li4N6O12S3+. The zero-order valence-corrected chi connectivity index (χ0v) is 45.5. The van der Waals surface area contributed by atoms with E-state index >= 15 is 0 Å². The Labute approximate surface area is 487 Å². The van der Waals surface area contributed by atoms with Gasteiger partial charge in [0.25, 0.3) is 10.1 Å². The third-order valence-electron chi connectivity index (χ3n) is 11.7. The van der Waals surface area contributed by atoms with E-state index in [1.165, 1.54) is 48.5 Å². The van der Waals surface area contributed by atoms with Gasteiger partial charge in [0, 0.05) is 33.6 Å². The van der Waals surface area contributed by atoms with Crippen LogP contribution >= 0.6 is 0 Å². The zero-order valence-electron chi connectivity index (χ0n) is 43.1. The van der Waals surface area contributed by atoms with Crippen molar-refractivity contribution < 1.29 is 133 Å². The maximum atomic E-state index is 13.3. The molecule has 370 valence electrons. The molecular weight excluding hydrogens is 1010 g/mol. The van der Waals surface area contributed by atoms with Crippen LogP contribution < -0.4 is 112 Å². The van der Waals surface area contributed by atoms with Gasteiger partial charge in [-0.2, -0.15) is 44.8 Å². The quantitative estimate of drug-likeness (QED) is 0.0283. The fourth-order valence-electron chi connectivity index (χ4n) is 8.58. The summed E-state index contributed by atoms with van der Waals surface area (Å²) in [6.07, 6.45) is 0. The van der Waals surface area contributed by atoms with E-state index in [9.17, 15) is 48.5 Å². The third kappa shape index (κ3) is 13.8. The van der Waals surface area contributed by atoms with Gasteiger partial charge in [0.05, 0.1) is 22.3 Å². The molecule has 8 rings (SSSR count). The second kappa shape index (κ2) is 24.9. The average Bonchev–Trinajstić information content (AvgIpc) is 3.30. The number of anilines is 6. The predicted molar refractivity (Wildman–Crippen MR) is 268 cm³/mol. The normalized spacial score (nSPS) is 11.6. The van der Waals surface area contributed by atoms with E-state index in [-0.39, 0.29) is 131 Å². The van der Waals surface area contributed by atoms with Crippen LogP contribution in [0.2, 0.25) is 0 Å². The molecule has 0 bridgehead atoms. The van der Waals surface area contributed by atoms with E-state index in [1.807, 2.05) is 26.8 Å². The van der Waals surface area contributed by atoms with Gasteiger partial charge in [-0.05, 0) is 106 Å². The Morgan fingerprint density at radius 1 is 0.605 bits per heavy atom. The van der Waals surface area contributed by atoms with Crippen molar-refractivity contribution in [3.63, 3.8) is 0 Å². The molecule has 0 fully saturated rings. The molecule has 0 saturated heterocycles. The minimum absolute atomic E-state index is 0. The number of aryl methyl sites for hydroxylation is 4. The molecule has 6 aromatic rings. The second-order valence-corrected chi connectivity index (χ2v) is 20.9. The van der Waals surface area contributed by atoms with E-state index < -0.39 is 57.1 Å².